The standard InChI is InChI=1S/C10H19N3O3/c1-7-6-16-8(2)5-13(7)10(15)4-12-9(14)3-11/h7-8H,3-6,11H2,1-2H3,(H,12,14). The van der Waals surface area contributed by atoms with Crippen LogP contribution in [0.5, 0.6) is 0 Å². The summed E-state index contributed by atoms with van der Waals surface area (Å²) >= 11 is 0. The maximum Gasteiger partial charge on any atom is 0.242 e. The molecule has 0 saturated carbocycles. The third-order valence-corrected chi connectivity index (χ3v) is 2.55. The van der Waals surface area contributed by atoms with Gasteiger partial charge in [-0.05, 0) is 13.8 Å². The van der Waals surface area contributed by atoms with E-state index in [4.69, 9.17) is 10.5 Å². The van der Waals surface area contributed by atoms with Crippen molar-refractivity contribution in [2.45, 2.75) is 26.0 Å². The molecule has 6 nitrogen and oxygen atoms in total. The fraction of sp³-hybridized carbons (Fsp3) is 0.800. The van der Waals surface area contributed by atoms with E-state index in [0.29, 0.717) is 13.2 Å². The average molecular weight is 229 g/mol. The first-order valence-electron chi connectivity index (χ1n) is 5.42. The second-order valence-electron chi connectivity index (χ2n) is 4.02. The Labute approximate surface area is 95.1 Å². The summed E-state index contributed by atoms with van der Waals surface area (Å²) in [6, 6.07) is 0.0541. The second kappa shape index (κ2) is 5.81. The van der Waals surface area contributed by atoms with Gasteiger partial charge in [-0.2, -0.15) is 0 Å². The Morgan fingerprint density at radius 1 is 1.50 bits per heavy atom. The van der Waals surface area contributed by atoms with Gasteiger partial charge in [0.1, 0.15) is 0 Å². The van der Waals surface area contributed by atoms with E-state index in [2.05, 4.69) is 5.32 Å². The molecule has 0 aromatic heterocycles. The molecule has 2 amide bonds. The number of nitrogens with one attached hydrogen (secondary N) is 1. The molecular weight excluding hydrogens is 210 g/mol. The van der Waals surface area contributed by atoms with E-state index in [9.17, 15) is 9.59 Å². The van der Waals surface area contributed by atoms with E-state index < -0.39 is 0 Å². The van der Waals surface area contributed by atoms with Crippen LogP contribution in [-0.4, -0.2) is 55.1 Å². The molecule has 0 aromatic rings. The molecule has 0 spiro atoms. The Balaban J connectivity index is 2.42. The van der Waals surface area contributed by atoms with Crippen LogP contribution in [0.25, 0.3) is 0 Å². The minimum atomic E-state index is -0.317. The first kappa shape index (κ1) is 12.9. The summed E-state index contributed by atoms with van der Waals surface area (Å²) in [5.41, 5.74) is 5.13. The van der Waals surface area contributed by atoms with Crippen LogP contribution < -0.4 is 11.1 Å². The lowest BCUT2D eigenvalue weighted by molar-refractivity contribution is -0.143. The van der Waals surface area contributed by atoms with E-state index >= 15 is 0 Å². The number of nitrogens with two attached hydrogens (primary N) is 1. The first-order chi connectivity index (χ1) is 7.54. The van der Waals surface area contributed by atoms with Crippen molar-refractivity contribution < 1.29 is 14.3 Å². The van der Waals surface area contributed by atoms with Crippen LogP contribution in [0.3, 0.4) is 0 Å². The second-order valence-corrected chi connectivity index (χ2v) is 4.02. The third kappa shape index (κ3) is 3.46. The summed E-state index contributed by atoms with van der Waals surface area (Å²) in [5.74, 6) is -0.410. The van der Waals surface area contributed by atoms with Crippen LogP contribution in [0, 0.1) is 0 Å². The lowest BCUT2D eigenvalue weighted by atomic mass is 10.2. The quantitative estimate of drug-likeness (QED) is 0.630. The molecule has 16 heavy (non-hydrogen) atoms. The van der Waals surface area contributed by atoms with E-state index in [1.54, 1.807) is 4.90 Å². The number of ether oxygens (including phenoxy) is 1. The maximum absolute atomic E-state index is 11.8. The fourth-order valence-electron chi connectivity index (χ4n) is 1.60. The van der Waals surface area contributed by atoms with Crippen molar-refractivity contribution in [3.63, 3.8) is 0 Å². The summed E-state index contributed by atoms with van der Waals surface area (Å²) in [4.78, 5) is 24.4. The van der Waals surface area contributed by atoms with Crippen molar-refractivity contribution in [3.8, 4) is 0 Å². The molecule has 2 atom stereocenters. The molecule has 1 heterocycles. The van der Waals surface area contributed by atoms with E-state index in [1.807, 2.05) is 13.8 Å². The van der Waals surface area contributed by atoms with Crippen molar-refractivity contribution in [2.75, 3.05) is 26.2 Å². The normalized spacial score (nSPS) is 25.3. The lowest BCUT2D eigenvalue weighted by Crippen LogP contribution is -2.53. The summed E-state index contributed by atoms with van der Waals surface area (Å²) in [7, 11) is 0. The van der Waals surface area contributed by atoms with Crippen molar-refractivity contribution in [1.29, 1.82) is 0 Å². The van der Waals surface area contributed by atoms with Crippen molar-refractivity contribution in [2.24, 2.45) is 5.73 Å². The topological polar surface area (TPSA) is 84.7 Å². The molecule has 0 bridgehead atoms. The molecule has 1 saturated heterocycles. The number of carbonyl (C=O) groups is 2. The summed E-state index contributed by atoms with van der Waals surface area (Å²) in [6.07, 6.45) is 0.0466. The predicted octanol–water partition coefficient (Wildman–Crippen LogP) is -1.30. The largest absolute Gasteiger partial charge is 0.375 e. The van der Waals surface area contributed by atoms with Gasteiger partial charge in [0, 0.05) is 6.54 Å². The van der Waals surface area contributed by atoms with Crippen LogP contribution in [-0.2, 0) is 14.3 Å². The van der Waals surface area contributed by atoms with E-state index in [-0.39, 0.29) is 37.0 Å². The Morgan fingerprint density at radius 3 is 2.81 bits per heavy atom. The summed E-state index contributed by atoms with van der Waals surface area (Å²) in [5, 5.41) is 2.47. The van der Waals surface area contributed by atoms with Crippen molar-refractivity contribution >= 4 is 11.8 Å². The number of hydrogen-bond acceptors (Lipinski definition) is 4. The molecular formula is C10H19N3O3. The monoisotopic (exact) mass is 229 g/mol. The van der Waals surface area contributed by atoms with Gasteiger partial charge in [0.05, 0.1) is 31.8 Å². The Hall–Kier alpha value is -1.14. The number of nitrogens with zero attached hydrogens (tertiary/aromatic N) is 1. The highest BCUT2D eigenvalue weighted by atomic mass is 16.5. The Bertz CT molecular complexity index is 270. The molecule has 0 aliphatic carbocycles. The van der Waals surface area contributed by atoms with E-state index in [0.717, 1.165) is 0 Å². The highest BCUT2D eigenvalue weighted by molar-refractivity contribution is 5.85. The van der Waals surface area contributed by atoms with Gasteiger partial charge in [0.25, 0.3) is 0 Å². The highest BCUT2D eigenvalue weighted by Crippen LogP contribution is 2.10. The molecule has 2 unspecified atom stereocenters. The number of amides is 2. The summed E-state index contributed by atoms with van der Waals surface area (Å²) < 4.78 is 5.42. The third-order valence-electron chi connectivity index (χ3n) is 2.55. The molecule has 1 aliphatic heterocycles. The van der Waals surface area contributed by atoms with Gasteiger partial charge in [0.15, 0.2) is 0 Å². The van der Waals surface area contributed by atoms with Crippen LogP contribution in [0.15, 0.2) is 0 Å². The highest BCUT2D eigenvalue weighted by Gasteiger charge is 2.27. The average Bonchev–Trinajstić information content (AvgIpc) is 2.28. The zero-order valence-electron chi connectivity index (χ0n) is 9.73. The number of hydrogen-bond donors (Lipinski definition) is 2. The molecule has 92 valence electrons. The molecule has 6 heteroatoms. The van der Waals surface area contributed by atoms with E-state index in [1.165, 1.54) is 0 Å². The van der Waals surface area contributed by atoms with Gasteiger partial charge in [-0.1, -0.05) is 0 Å². The molecule has 0 radical (unpaired) electrons. The molecule has 1 rings (SSSR count). The smallest absolute Gasteiger partial charge is 0.242 e. The van der Waals surface area contributed by atoms with Crippen LogP contribution >= 0.6 is 0 Å². The maximum atomic E-state index is 11.8. The van der Waals surface area contributed by atoms with Gasteiger partial charge < -0.3 is 20.7 Å². The zero-order chi connectivity index (χ0) is 12.1. The Morgan fingerprint density at radius 2 is 2.19 bits per heavy atom. The number of rotatable bonds is 3. The zero-order valence-corrected chi connectivity index (χ0v) is 9.73. The number of carbonyl (C=O) groups excluding carboxylic acids is 2. The molecule has 1 aliphatic rings. The summed E-state index contributed by atoms with van der Waals surface area (Å²) in [6.45, 7) is 4.87. The van der Waals surface area contributed by atoms with Crippen molar-refractivity contribution in [1.82, 2.24) is 10.2 Å². The minimum Gasteiger partial charge on any atom is -0.375 e. The Kier molecular flexibility index (Phi) is 4.70. The lowest BCUT2D eigenvalue weighted by Gasteiger charge is -2.36. The van der Waals surface area contributed by atoms with Gasteiger partial charge in [-0.25, -0.2) is 0 Å². The fourth-order valence-corrected chi connectivity index (χ4v) is 1.60. The van der Waals surface area contributed by atoms with Crippen LogP contribution in [0.4, 0.5) is 0 Å². The van der Waals surface area contributed by atoms with Gasteiger partial charge >= 0.3 is 0 Å². The first-order valence-corrected chi connectivity index (χ1v) is 5.42. The van der Waals surface area contributed by atoms with Gasteiger partial charge in [0.2, 0.25) is 11.8 Å². The number of morpholine rings is 1. The van der Waals surface area contributed by atoms with Crippen LogP contribution in [0.1, 0.15) is 13.8 Å². The molecule has 3 N–H and O–H groups in total. The van der Waals surface area contributed by atoms with Crippen LogP contribution in [0.2, 0.25) is 0 Å². The molecule has 1 fully saturated rings. The minimum absolute atomic E-state index is 0.00704. The SMILES string of the molecule is CC1CN(C(=O)CNC(=O)CN)C(C)CO1. The van der Waals surface area contributed by atoms with Gasteiger partial charge in [-0.3, -0.25) is 9.59 Å². The molecule has 0 aromatic carbocycles. The van der Waals surface area contributed by atoms with Gasteiger partial charge in [-0.15, -0.1) is 0 Å². The predicted molar refractivity (Wildman–Crippen MR) is 58.7 cm³/mol. The van der Waals surface area contributed by atoms with Crippen molar-refractivity contribution in [3.05, 3.63) is 0 Å².